The SMILES string of the molecule is Cc1ccc(-n2nc(C3CCC(NC(=O)OC(C)(C)C)CC3)cc2NC(=O)c2cnn3cccnc23)nc1. The van der Waals surface area contributed by atoms with Crippen LogP contribution in [0.2, 0.25) is 0 Å². The van der Waals surface area contributed by atoms with Gasteiger partial charge in [0.1, 0.15) is 17.0 Å². The quantitative estimate of drug-likeness (QED) is 0.402. The van der Waals surface area contributed by atoms with Crippen LogP contribution in [0.4, 0.5) is 10.6 Å². The minimum Gasteiger partial charge on any atom is -0.444 e. The highest BCUT2D eigenvalue weighted by molar-refractivity contribution is 6.07. The van der Waals surface area contributed by atoms with Gasteiger partial charge >= 0.3 is 6.09 Å². The summed E-state index contributed by atoms with van der Waals surface area (Å²) >= 11 is 0. The van der Waals surface area contributed by atoms with Crippen LogP contribution in [0.15, 0.2) is 49.1 Å². The lowest BCUT2D eigenvalue weighted by atomic mass is 9.84. The minimum absolute atomic E-state index is 0.0595. The summed E-state index contributed by atoms with van der Waals surface area (Å²) in [7, 11) is 0. The monoisotopic (exact) mass is 516 g/mol. The molecular weight excluding hydrogens is 484 g/mol. The van der Waals surface area contributed by atoms with E-state index >= 15 is 0 Å². The third-order valence-electron chi connectivity index (χ3n) is 6.47. The van der Waals surface area contributed by atoms with E-state index < -0.39 is 5.60 Å². The zero-order valence-corrected chi connectivity index (χ0v) is 22.0. The normalized spacial score (nSPS) is 17.8. The largest absolute Gasteiger partial charge is 0.444 e. The van der Waals surface area contributed by atoms with Crippen LogP contribution in [-0.2, 0) is 4.74 Å². The molecule has 1 saturated carbocycles. The maximum atomic E-state index is 13.2. The van der Waals surface area contributed by atoms with Gasteiger partial charge in [-0.25, -0.2) is 19.3 Å². The van der Waals surface area contributed by atoms with Gasteiger partial charge in [0.05, 0.1) is 11.9 Å². The number of aryl methyl sites for hydroxylation is 1. The first kappa shape index (κ1) is 25.4. The van der Waals surface area contributed by atoms with E-state index in [1.807, 2.05) is 45.9 Å². The molecule has 4 heterocycles. The zero-order chi connectivity index (χ0) is 26.9. The lowest BCUT2D eigenvalue weighted by Gasteiger charge is -2.29. The van der Waals surface area contributed by atoms with Gasteiger partial charge in [-0.15, -0.1) is 0 Å². The Bertz CT molecular complexity index is 1440. The number of fused-ring (bicyclic) bond motifs is 1. The van der Waals surface area contributed by atoms with Gasteiger partial charge in [-0.1, -0.05) is 6.07 Å². The van der Waals surface area contributed by atoms with Crippen LogP contribution in [0.1, 0.15) is 74.0 Å². The summed E-state index contributed by atoms with van der Waals surface area (Å²) in [5, 5.41) is 15.0. The van der Waals surface area contributed by atoms with Gasteiger partial charge in [0.15, 0.2) is 11.5 Å². The van der Waals surface area contributed by atoms with Gasteiger partial charge in [-0.05, 0) is 71.1 Å². The Hall–Kier alpha value is -4.28. The van der Waals surface area contributed by atoms with E-state index in [1.54, 1.807) is 33.9 Å². The molecule has 11 nitrogen and oxygen atoms in total. The number of carbonyl (C=O) groups excluding carboxylic acids is 2. The van der Waals surface area contributed by atoms with Crippen LogP contribution >= 0.6 is 0 Å². The van der Waals surface area contributed by atoms with Gasteiger partial charge < -0.3 is 15.4 Å². The fourth-order valence-electron chi connectivity index (χ4n) is 4.63. The van der Waals surface area contributed by atoms with Crippen molar-refractivity contribution in [3.8, 4) is 5.82 Å². The second-order valence-corrected chi connectivity index (χ2v) is 10.7. The summed E-state index contributed by atoms with van der Waals surface area (Å²) in [5.41, 5.74) is 2.21. The van der Waals surface area contributed by atoms with Crippen molar-refractivity contribution in [2.75, 3.05) is 5.32 Å². The van der Waals surface area contributed by atoms with Crippen LogP contribution in [0, 0.1) is 6.92 Å². The van der Waals surface area contributed by atoms with Gasteiger partial charge in [0.2, 0.25) is 0 Å². The molecule has 0 bridgehead atoms. The molecule has 1 aliphatic carbocycles. The fourth-order valence-corrected chi connectivity index (χ4v) is 4.63. The molecule has 0 atom stereocenters. The van der Waals surface area contributed by atoms with Crippen molar-refractivity contribution in [2.24, 2.45) is 0 Å². The maximum absolute atomic E-state index is 13.2. The predicted molar refractivity (Wildman–Crippen MR) is 141 cm³/mol. The predicted octanol–water partition coefficient (Wildman–Crippen LogP) is 4.42. The van der Waals surface area contributed by atoms with Gasteiger partial charge in [0.25, 0.3) is 5.91 Å². The molecule has 4 aromatic rings. The van der Waals surface area contributed by atoms with Crippen LogP contribution in [0.25, 0.3) is 11.5 Å². The lowest BCUT2D eigenvalue weighted by Crippen LogP contribution is -2.40. The van der Waals surface area contributed by atoms with E-state index in [9.17, 15) is 9.59 Å². The number of hydrogen-bond acceptors (Lipinski definition) is 7. The first-order valence-electron chi connectivity index (χ1n) is 12.8. The van der Waals surface area contributed by atoms with Gasteiger partial charge in [-0.3, -0.25) is 4.79 Å². The molecular formula is C27H32N8O3. The average molecular weight is 517 g/mol. The van der Waals surface area contributed by atoms with Crippen molar-refractivity contribution >= 4 is 23.5 Å². The first-order valence-corrected chi connectivity index (χ1v) is 12.8. The van der Waals surface area contributed by atoms with Crippen molar-refractivity contribution in [1.82, 2.24) is 34.7 Å². The summed E-state index contributed by atoms with van der Waals surface area (Å²) in [6.07, 6.45) is 9.58. The number of nitrogens with zero attached hydrogens (tertiary/aromatic N) is 6. The van der Waals surface area contributed by atoms with Crippen molar-refractivity contribution in [2.45, 2.75) is 70.9 Å². The zero-order valence-electron chi connectivity index (χ0n) is 22.0. The molecule has 0 spiro atoms. The van der Waals surface area contributed by atoms with E-state index in [4.69, 9.17) is 9.84 Å². The molecule has 2 amide bonds. The first-order chi connectivity index (χ1) is 18.2. The van der Waals surface area contributed by atoms with Crippen LogP contribution in [0.3, 0.4) is 0 Å². The minimum atomic E-state index is -0.529. The number of pyridine rings is 1. The van der Waals surface area contributed by atoms with Crippen molar-refractivity contribution in [3.63, 3.8) is 0 Å². The Morgan fingerprint density at radius 1 is 1.08 bits per heavy atom. The Morgan fingerprint density at radius 3 is 2.58 bits per heavy atom. The second-order valence-electron chi connectivity index (χ2n) is 10.7. The molecule has 1 aliphatic rings. The van der Waals surface area contributed by atoms with E-state index in [-0.39, 0.29) is 24.0 Å². The Morgan fingerprint density at radius 2 is 1.87 bits per heavy atom. The number of hydrogen-bond donors (Lipinski definition) is 2. The standard InChI is InChI=1S/C27H32N8O3/c1-17-6-11-22(29-15-17)35-23(32-25(36)20-16-30-34-13-5-12-28-24(20)34)14-21(33-35)18-7-9-19(10-8-18)31-26(37)38-27(2,3)4/h5-6,11-16,18-19H,7-10H2,1-4H3,(H,31,37)(H,32,36). The number of rotatable bonds is 5. The van der Waals surface area contributed by atoms with Crippen molar-refractivity contribution < 1.29 is 14.3 Å². The molecule has 2 N–H and O–H groups in total. The highest BCUT2D eigenvalue weighted by Gasteiger charge is 2.28. The van der Waals surface area contributed by atoms with Gasteiger partial charge in [-0.2, -0.15) is 14.9 Å². The van der Waals surface area contributed by atoms with Crippen molar-refractivity contribution in [1.29, 1.82) is 0 Å². The summed E-state index contributed by atoms with van der Waals surface area (Å²) in [4.78, 5) is 34.2. The highest BCUT2D eigenvalue weighted by atomic mass is 16.6. The summed E-state index contributed by atoms with van der Waals surface area (Å²) < 4.78 is 8.62. The number of nitrogens with one attached hydrogen (secondary N) is 2. The second kappa shape index (κ2) is 10.2. The van der Waals surface area contributed by atoms with E-state index in [1.165, 1.54) is 6.20 Å². The smallest absolute Gasteiger partial charge is 0.407 e. The Labute approximate surface area is 220 Å². The summed E-state index contributed by atoms with van der Waals surface area (Å²) in [6, 6.07) is 7.55. The molecule has 0 aliphatic heterocycles. The molecule has 38 heavy (non-hydrogen) atoms. The number of aromatic nitrogens is 6. The molecule has 0 radical (unpaired) electrons. The Balaban J connectivity index is 1.35. The lowest BCUT2D eigenvalue weighted by molar-refractivity contribution is 0.0491. The highest BCUT2D eigenvalue weighted by Crippen LogP contribution is 2.34. The summed E-state index contributed by atoms with van der Waals surface area (Å²) in [6.45, 7) is 7.53. The molecule has 0 aromatic carbocycles. The third kappa shape index (κ3) is 5.66. The summed E-state index contributed by atoms with van der Waals surface area (Å²) in [5.74, 6) is 0.984. The van der Waals surface area contributed by atoms with Crippen LogP contribution < -0.4 is 10.6 Å². The molecule has 0 unspecified atom stereocenters. The molecule has 5 rings (SSSR count). The van der Waals surface area contributed by atoms with Crippen molar-refractivity contribution in [3.05, 3.63) is 65.9 Å². The number of ether oxygens (including phenoxy) is 1. The molecule has 4 aromatic heterocycles. The van der Waals surface area contributed by atoms with E-state index in [0.29, 0.717) is 22.8 Å². The average Bonchev–Trinajstić information content (AvgIpc) is 3.48. The van der Waals surface area contributed by atoms with E-state index in [2.05, 4.69) is 25.7 Å². The van der Waals surface area contributed by atoms with E-state index in [0.717, 1.165) is 36.9 Å². The number of carbonyl (C=O) groups is 2. The van der Waals surface area contributed by atoms with Crippen LogP contribution in [0.5, 0.6) is 0 Å². The number of alkyl carbamates (subject to hydrolysis) is 1. The molecule has 198 valence electrons. The number of anilines is 1. The molecule has 1 fully saturated rings. The molecule has 0 saturated heterocycles. The maximum Gasteiger partial charge on any atom is 0.407 e. The molecule has 11 heteroatoms. The van der Waals surface area contributed by atoms with Crippen LogP contribution in [-0.4, -0.2) is 53.0 Å². The fraction of sp³-hybridized carbons (Fsp3) is 0.407. The van der Waals surface area contributed by atoms with Gasteiger partial charge in [0, 0.05) is 36.6 Å². The number of amides is 2. The Kier molecular flexibility index (Phi) is 6.83. The topological polar surface area (TPSA) is 128 Å². The third-order valence-corrected chi connectivity index (χ3v) is 6.47.